The van der Waals surface area contributed by atoms with Gasteiger partial charge in [-0.1, -0.05) is 18.2 Å². The van der Waals surface area contributed by atoms with E-state index in [1.165, 1.54) is 0 Å². The average molecular weight is 292 g/mol. The molecule has 6 heteroatoms. The predicted octanol–water partition coefficient (Wildman–Crippen LogP) is 1.49. The molecule has 1 aliphatic heterocycles. The monoisotopic (exact) mass is 292 g/mol. The molecule has 3 rings (SSSR count). The topological polar surface area (TPSA) is 81.4 Å². The minimum Gasteiger partial charge on any atom is -0.399 e. The lowest BCUT2D eigenvalue weighted by Gasteiger charge is -2.13. The Labute approximate surface area is 117 Å². The molecule has 0 radical (unpaired) electrons. The van der Waals surface area contributed by atoms with Crippen LogP contribution in [-0.2, 0) is 14.8 Å². The Hall–Kier alpha value is -1.63. The molecule has 0 saturated carbocycles. The van der Waals surface area contributed by atoms with E-state index in [4.69, 9.17) is 10.5 Å². The van der Waals surface area contributed by atoms with Gasteiger partial charge in [0, 0.05) is 23.7 Å². The average Bonchev–Trinajstić information content (AvgIpc) is 2.89. The molecule has 2 aromatic carbocycles. The largest absolute Gasteiger partial charge is 0.399 e. The number of ether oxygens (including phenoxy) is 1. The van der Waals surface area contributed by atoms with Crippen LogP contribution in [0.5, 0.6) is 0 Å². The third-order valence-electron chi connectivity index (χ3n) is 3.41. The Morgan fingerprint density at radius 1 is 1.25 bits per heavy atom. The van der Waals surface area contributed by atoms with Gasteiger partial charge >= 0.3 is 0 Å². The molecule has 2 aromatic rings. The van der Waals surface area contributed by atoms with Crippen LogP contribution in [0.25, 0.3) is 10.8 Å². The smallest absolute Gasteiger partial charge is 0.241 e. The van der Waals surface area contributed by atoms with Crippen LogP contribution < -0.4 is 10.5 Å². The normalized spacial score (nSPS) is 19.5. The Bertz CT molecular complexity index is 737. The molecule has 1 heterocycles. The molecular formula is C14H16N2O3S. The molecule has 0 aliphatic carbocycles. The van der Waals surface area contributed by atoms with Gasteiger partial charge in [-0.25, -0.2) is 13.1 Å². The molecule has 0 aromatic heterocycles. The zero-order valence-electron chi connectivity index (χ0n) is 10.9. The number of hydrogen-bond donors (Lipinski definition) is 2. The van der Waals surface area contributed by atoms with E-state index < -0.39 is 10.0 Å². The van der Waals surface area contributed by atoms with Crippen LogP contribution in [0, 0.1) is 0 Å². The number of hydrogen-bond acceptors (Lipinski definition) is 4. The van der Waals surface area contributed by atoms with E-state index in [9.17, 15) is 8.42 Å². The van der Waals surface area contributed by atoms with E-state index >= 15 is 0 Å². The lowest BCUT2D eigenvalue weighted by molar-refractivity contribution is 0.192. The molecule has 5 nitrogen and oxygen atoms in total. The van der Waals surface area contributed by atoms with Gasteiger partial charge in [-0.05, 0) is 30.0 Å². The summed E-state index contributed by atoms with van der Waals surface area (Å²) in [7, 11) is -3.55. The third-order valence-corrected chi connectivity index (χ3v) is 4.98. The second-order valence-corrected chi connectivity index (χ2v) is 6.60. The summed E-state index contributed by atoms with van der Waals surface area (Å²) in [5.74, 6) is 0. The summed E-state index contributed by atoms with van der Waals surface area (Å²) < 4.78 is 32.9. The number of anilines is 1. The molecule has 3 N–H and O–H groups in total. The molecule has 1 atom stereocenters. The first kappa shape index (κ1) is 13.4. The highest BCUT2D eigenvalue weighted by Gasteiger charge is 2.24. The second-order valence-electron chi connectivity index (χ2n) is 4.92. The summed E-state index contributed by atoms with van der Waals surface area (Å²) >= 11 is 0. The van der Waals surface area contributed by atoms with E-state index in [0.717, 1.165) is 5.39 Å². The summed E-state index contributed by atoms with van der Waals surface area (Å²) in [6.45, 7) is 1.02. The first-order chi connectivity index (χ1) is 9.56. The number of nitrogens with two attached hydrogens (primary N) is 1. The van der Waals surface area contributed by atoms with Crippen molar-refractivity contribution in [2.45, 2.75) is 17.4 Å². The van der Waals surface area contributed by atoms with E-state index in [0.29, 0.717) is 30.7 Å². The molecule has 1 fully saturated rings. The van der Waals surface area contributed by atoms with Crippen molar-refractivity contribution in [2.75, 3.05) is 18.9 Å². The van der Waals surface area contributed by atoms with Crippen LogP contribution in [0.2, 0.25) is 0 Å². The van der Waals surface area contributed by atoms with Gasteiger partial charge in [0.2, 0.25) is 10.0 Å². The molecule has 0 amide bonds. The highest BCUT2D eigenvalue weighted by atomic mass is 32.2. The SMILES string of the molecule is Nc1ccc2c(S(=O)(=O)NC3CCOC3)cccc2c1. The van der Waals surface area contributed by atoms with Crippen molar-refractivity contribution >= 4 is 26.5 Å². The zero-order valence-corrected chi connectivity index (χ0v) is 11.7. The molecule has 0 spiro atoms. The molecule has 0 bridgehead atoms. The minimum absolute atomic E-state index is 0.149. The van der Waals surface area contributed by atoms with Crippen molar-refractivity contribution in [3.63, 3.8) is 0 Å². The van der Waals surface area contributed by atoms with E-state index in [1.54, 1.807) is 30.3 Å². The Balaban J connectivity index is 2.04. The van der Waals surface area contributed by atoms with Crippen molar-refractivity contribution < 1.29 is 13.2 Å². The Morgan fingerprint density at radius 3 is 2.85 bits per heavy atom. The highest BCUT2D eigenvalue weighted by molar-refractivity contribution is 7.89. The van der Waals surface area contributed by atoms with Gasteiger partial charge in [0.1, 0.15) is 0 Å². The van der Waals surface area contributed by atoms with Crippen LogP contribution in [0.1, 0.15) is 6.42 Å². The molecule has 1 aliphatic rings. The fourth-order valence-corrected chi connectivity index (χ4v) is 3.90. The van der Waals surface area contributed by atoms with Crippen molar-refractivity contribution in [2.24, 2.45) is 0 Å². The molecule has 20 heavy (non-hydrogen) atoms. The molecule has 1 saturated heterocycles. The number of benzene rings is 2. The van der Waals surface area contributed by atoms with Crippen LogP contribution in [0.4, 0.5) is 5.69 Å². The number of fused-ring (bicyclic) bond motifs is 1. The van der Waals surface area contributed by atoms with Gasteiger partial charge in [0.25, 0.3) is 0 Å². The first-order valence-electron chi connectivity index (χ1n) is 6.44. The van der Waals surface area contributed by atoms with Crippen molar-refractivity contribution in [1.82, 2.24) is 4.72 Å². The lowest BCUT2D eigenvalue weighted by atomic mass is 10.1. The van der Waals surface area contributed by atoms with Gasteiger partial charge in [-0.3, -0.25) is 0 Å². The number of nitrogens with one attached hydrogen (secondary N) is 1. The van der Waals surface area contributed by atoms with E-state index in [-0.39, 0.29) is 10.9 Å². The highest BCUT2D eigenvalue weighted by Crippen LogP contribution is 2.25. The number of rotatable bonds is 3. The van der Waals surface area contributed by atoms with Gasteiger partial charge in [0.15, 0.2) is 0 Å². The van der Waals surface area contributed by atoms with Crippen LogP contribution in [-0.4, -0.2) is 27.7 Å². The fourth-order valence-electron chi connectivity index (χ4n) is 2.42. The standard InChI is InChI=1S/C14H16N2O3S/c15-11-4-5-13-10(8-11)2-1-3-14(13)20(17,18)16-12-6-7-19-9-12/h1-5,8,12,16H,6-7,9,15H2. The summed E-state index contributed by atoms with van der Waals surface area (Å²) in [6.07, 6.45) is 0.705. The lowest BCUT2D eigenvalue weighted by Crippen LogP contribution is -2.35. The first-order valence-corrected chi connectivity index (χ1v) is 7.93. The molecule has 1 unspecified atom stereocenters. The fraction of sp³-hybridized carbons (Fsp3) is 0.286. The Kier molecular flexibility index (Phi) is 3.37. The van der Waals surface area contributed by atoms with Crippen molar-refractivity contribution in [3.8, 4) is 0 Å². The van der Waals surface area contributed by atoms with E-state index in [1.807, 2.05) is 6.07 Å². The summed E-state index contributed by atoms with van der Waals surface area (Å²) in [4.78, 5) is 0.280. The van der Waals surface area contributed by atoms with Gasteiger partial charge in [-0.15, -0.1) is 0 Å². The van der Waals surface area contributed by atoms with Gasteiger partial charge in [0.05, 0.1) is 11.5 Å². The van der Waals surface area contributed by atoms with Gasteiger partial charge < -0.3 is 10.5 Å². The number of nitrogen functional groups attached to an aromatic ring is 1. The summed E-state index contributed by atoms with van der Waals surface area (Å²) in [5, 5.41) is 1.49. The van der Waals surface area contributed by atoms with E-state index in [2.05, 4.69) is 4.72 Å². The van der Waals surface area contributed by atoms with Crippen LogP contribution >= 0.6 is 0 Å². The van der Waals surface area contributed by atoms with Crippen LogP contribution in [0.15, 0.2) is 41.3 Å². The Morgan fingerprint density at radius 2 is 2.10 bits per heavy atom. The maximum Gasteiger partial charge on any atom is 0.241 e. The maximum absolute atomic E-state index is 12.5. The molecular weight excluding hydrogens is 276 g/mol. The maximum atomic E-state index is 12.5. The van der Waals surface area contributed by atoms with Crippen molar-refractivity contribution in [3.05, 3.63) is 36.4 Å². The predicted molar refractivity (Wildman–Crippen MR) is 77.9 cm³/mol. The molecule has 106 valence electrons. The third kappa shape index (κ3) is 2.49. The van der Waals surface area contributed by atoms with Gasteiger partial charge in [-0.2, -0.15) is 0 Å². The zero-order chi connectivity index (χ0) is 14.2. The second kappa shape index (κ2) is 5.05. The quantitative estimate of drug-likeness (QED) is 0.840. The van der Waals surface area contributed by atoms with Crippen LogP contribution in [0.3, 0.4) is 0 Å². The summed E-state index contributed by atoms with van der Waals surface area (Å²) in [6, 6.07) is 10.3. The summed E-state index contributed by atoms with van der Waals surface area (Å²) in [5.41, 5.74) is 6.35. The van der Waals surface area contributed by atoms with Crippen molar-refractivity contribution in [1.29, 1.82) is 0 Å². The minimum atomic E-state index is -3.55. The number of sulfonamides is 1.